The Morgan fingerprint density at radius 3 is 2.61 bits per heavy atom. The molecule has 0 atom stereocenters. The topological polar surface area (TPSA) is 39.9 Å². The molecule has 0 aliphatic carbocycles. The number of ether oxygens (including phenoxy) is 1. The fourth-order valence-corrected chi connectivity index (χ4v) is 4.70. The van der Waals surface area contributed by atoms with Gasteiger partial charge in [-0.25, -0.2) is 9.97 Å². The summed E-state index contributed by atoms with van der Waals surface area (Å²) in [6.07, 6.45) is 2.27. The first-order valence-electron chi connectivity index (χ1n) is 10.1. The SMILES string of the molecule is Cc1cccc(Sc2ccc3c(c2)nc(C(C)(C)C)n3CC2CCOCC2)n1. The van der Waals surface area contributed by atoms with Crippen LogP contribution < -0.4 is 0 Å². The van der Waals surface area contributed by atoms with Crippen molar-refractivity contribution in [2.75, 3.05) is 13.2 Å². The Hall–Kier alpha value is -1.85. The Morgan fingerprint density at radius 2 is 1.89 bits per heavy atom. The molecule has 1 aromatic carbocycles. The van der Waals surface area contributed by atoms with Crippen molar-refractivity contribution in [2.24, 2.45) is 5.92 Å². The zero-order valence-corrected chi connectivity index (χ0v) is 18.1. The van der Waals surface area contributed by atoms with E-state index in [0.717, 1.165) is 48.8 Å². The third kappa shape index (κ3) is 4.26. The first kappa shape index (κ1) is 19.5. The molecule has 3 aromatic rings. The number of fused-ring (bicyclic) bond motifs is 1. The monoisotopic (exact) mass is 395 g/mol. The summed E-state index contributed by atoms with van der Waals surface area (Å²) in [6, 6.07) is 12.8. The largest absolute Gasteiger partial charge is 0.381 e. The van der Waals surface area contributed by atoms with Crippen LogP contribution in [0.1, 0.15) is 45.1 Å². The van der Waals surface area contributed by atoms with Crippen LogP contribution in [-0.4, -0.2) is 27.7 Å². The van der Waals surface area contributed by atoms with Gasteiger partial charge in [0, 0.05) is 35.8 Å². The highest BCUT2D eigenvalue weighted by Crippen LogP contribution is 2.33. The number of pyridine rings is 1. The summed E-state index contributed by atoms with van der Waals surface area (Å²) in [7, 11) is 0. The number of nitrogens with zero attached hydrogens (tertiary/aromatic N) is 3. The predicted octanol–water partition coefficient (Wildman–Crippen LogP) is 5.62. The van der Waals surface area contributed by atoms with Crippen molar-refractivity contribution in [1.82, 2.24) is 14.5 Å². The fraction of sp³-hybridized carbons (Fsp3) is 0.478. The number of rotatable bonds is 4. The molecule has 0 N–H and O–H groups in total. The molecule has 4 rings (SSSR count). The Bertz CT molecular complexity index is 968. The van der Waals surface area contributed by atoms with E-state index in [2.05, 4.69) is 60.7 Å². The predicted molar refractivity (Wildman–Crippen MR) is 115 cm³/mol. The molecule has 1 saturated heterocycles. The summed E-state index contributed by atoms with van der Waals surface area (Å²) in [5, 5.41) is 1.03. The van der Waals surface area contributed by atoms with Gasteiger partial charge in [-0.1, -0.05) is 38.6 Å². The van der Waals surface area contributed by atoms with E-state index in [1.54, 1.807) is 11.8 Å². The van der Waals surface area contributed by atoms with Crippen LogP contribution in [0.4, 0.5) is 0 Å². The molecule has 0 saturated carbocycles. The van der Waals surface area contributed by atoms with Crippen molar-refractivity contribution in [3.8, 4) is 0 Å². The van der Waals surface area contributed by atoms with Crippen molar-refractivity contribution >= 4 is 22.8 Å². The second-order valence-electron chi connectivity index (χ2n) is 8.72. The third-order valence-corrected chi connectivity index (χ3v) is 6.18. The first-order chi connectivity index (χ1) is 13.4. The van der Waals surface area contributed by atoms with Gasteiger partial charge in [-0.05, 0) is 56.0 Å². The second kappa shape index (κ2) is 7.88. The van der Waals surface area contributed by atoms with Crippen molar-refractivity contribution < 1.29 is 4.74 Å². The molecular formula is C23H29N3OS. The van der Waals surface area contributed by atoms with Crippen LogP contribution in [0.25, 0.3) is 11.0 Å². The quantitative estimate of drug-likeness (QED) is 0.575. The zero-order chi connectivity index (χ0) is 19.7. The minimum atomic E-state index is 0.00951. The van der Waals surface area contributed by atoms with Crippen LogP contribution in [0.5, 0.6) is 0 Å². The van der Waals surface area contributed by atoms with Crippen molar-refractivity contribution in [3.05, 3.63) is 47.9 Å². The summed E-state index contributed by atoms with van der Waals surface area (Å²) < 4.78 is 8.00. The molecule has 5 heteroatoms. The molecule has 28 heavy (non-hydrogen) atoms. The number of imidazole rings is 1. The van der Waals surface area contributed by atoms with Crippen LogP contribution in [-0.2, 0) is 16.7 Å². The molecule has 2 aromatic heterocycles. The van der Waals surface area contributed by atoms with Crippen molar-refractivity contribution in [1.29, 1.82) is 0 Å². The maximum Gasteiger partial charge on any atom is 0.115 e. The van der Waals surface area contributed by atoms with Crippen LogP contribution in [0, 0.1) is 12.8 Å². The molecule has 4 nitrogen and oxygen atoms in total. The van der Waals surface area contributed by atoms with Gasteiger partial charge < -0.3 is 9.30 Å². The van der Waals surface area contributed by atoms with Crippen LogP contribution in [0.15, 0.2) is 46.3 Å². The lowest BCUT2D eigenvalue weighted by atomic mass is 9.94. The minimum absolute atomic E-state index is 0.00951. The third-order valence-electron chi connectivity index (χ3n) is 5.26. The Balaban J connectivity index is 1.69. The van der Waals surface area contributed by atoms with Crippen molar-refractivity contribution in [2.45, 2.75) is 62.4 Å². The molecule has 1 aliphatic rings. The summed E-state index contributed by atoms with van der Waals surface area (Å²) in [6.45, 7) is 11.6. The number of aryl methyl sites for hydroxylation is 1. The highest BCUT2D eigenvalue weighted by molar-refractivity contribution is 7.99. The highest BCUT2D eigenvalue weighted by atomic mass is 32.2. The van der Waals surface area contributed by atoms with Gasteiger partial charge >= 0.3 is 0 Å². The fourth-order valence-electron chi connectivity index (χ4n) is 3.81. The van der Waals surface area contributed by atoms with Gasteiger partial charge in [0.25, 0.3) is 0 Å². The summed E-state index contributed by atoms with van der Waals surface area (Å²) in [5.74, 6) is 1.84. The Kier molecular flexibility index (Phi) is 5.48. The number of hydrogen-bond donors (Lipinski definition) is 0. The van der Waals surface area contributed by atoms with Gasteiger partial charge in [0.15, 0.2) is 0 Å². The number of benzene rings is 1. The van der Waals surface area contributed by atoms with Gasteiger partial charge in [0.05, 0.1) is 11.0 Å². The van der Waals surface area contributed by atoms with E-state index in [4.69, 9.17) is 9.72 Å². The summed E-state index contributed by atoms with van der Waals surface area (Å²) in [5.41, 5.74) is 3.37. The Labute approximate surface area is 171 Å². The average Bonchev–Trinajstić information content (AvgIpc) is 3.01. The molecule has 3 heterocycles. The van der Waals surface area contributed by atoms with Crippen LogP contribution >= 0.6 is 11.8 Å². The standard InChI is InChI=1S/C23H29N3OS/c1-16-6-5-7-21(24-16)28-18-8-9-20-19(14-18)25-22(23(2,3)4)26(20)15-17-10-12-27-13-11-17/h5-9,14,17H,10-13,15H2,1-4H3. The first-order valence-corrected chi connectivity index (χ1v) is 10.9. The second-order valence-corrected chi connectivity index (χ2v) is 9.82. The van der Waals surface area contributed by atoms with Gasteiger partial charge in [-0.2, -0.15) is 0 Å². The van der Waals surface area contributed by atoms with E-state index >= 15 is 0 Å². The van der Waals surface area contributed by atoms with Gasteiger partial charge in [-0.3, -0.25) is 0 Å². The molecule has 1 fully saturated rings. The maximum absolute atomic E-state index is 5.55. The molecular weight excluding hydrogens is 366 g/mol. The van der Waals surface area contributed by atoms with Crippen molar-refractivity contribution in [3.63, 3.8) is 0 Å². The molecule has 1 aliphatic heterocycles. The lowest BCUT2D eigenvalue weighted by Crippen LogP contribution is -2.25. The van der Waals surface area contributed by atoms with E-state index in [0.29, 0.717) is 5.92 Å². The normalized spacial score (nSPS) is 16.0. The van der Waals surface area contributed by atoms with Gasteiger partial charge in [0.2, 0.25) is 0 Å². The molecule has 0 amide bonds. The molecule has 0 unspecified atom stereocenters. The Morgan fingerprint density at radius 1 is 1.11 bits per heavy atom. The molecule has 0 radical (unpaired) electrons. The van der Waals surface area contributed by atoms with Gasteiger partial charge in [-0.15, -0.1) is 0 Å². The maximum atomic E-state index is 5.55. The van der Waals surface area contributed by atoms with Gasteiger partial charge in [0.1, 0.15) is 10.9 Å². The summed E-state index contributed by atoms with van der Waals surface area (Å²) >= 11 is 1.70. The molecule has 0 bridgehead atoms. The number of hydrogen-bond acceptors (Lipinski definition) is 4. The minimum Gasteiger partial charge on any atom is -0.381 e. The molecule has 148 valence electrons. The van der Waals surface area contributed by atoms with E-state index in [1.807, 2.05) is 13.0 Å². The highest BCUT2D eigenvalue weighted by Gasteiger charge is 2.25. The smallest absolute Gasteiger partial charge is 0.115 e. The van der Waals surface area contributed by atoms with Crippen LogP contribution in [0.2, 0.25) is 0 Å². The van der Waals surface area contributed by atoms with E-state index in [1.165, 1.54) is 16.2 Å². The van der Waals surface area contributed by atoms with Crippen LogP contribution in [0.3, 0.4) is 0 Å². The van der Waals surface area contributed by atoms with E-state index in [-0.39, 0.29) is 5.41 Å². The number of aromatic nitrogens is 3. The summed E-state index contributed by atoms with van der Waals surface area (Å²) in [4.78, 5) is 10.9. The van der Waals surface area contributed by atoms with E-state index in [9.17, 15) is 0 Å². The molecule has 0 spiro atoms. The lowest BCUT2D eigenvalue weighted by molar-refractivity contribution is 0.0611. The van der Waals surface area contributed by atoms with E-state index < -0.39 is 0 Å². The lowest BCUT2D eigenvalue weighted by Gasteiger charge is -2.26. The average molecular weight is 396 g/mol. The zero-order valence-electron chi connectivity index (χ0n) is 17.2.